The number of nitrogens with zero attached hydrogens (tertiary/aromatic N) is 3. The van der Waals surface area contributed by atoms with Gasteiger partial charge in [0, 0.05) is 15.6 Å². The number of carbonyl (C=O) groups is 1. The maximum Gasteiger partial charge on any atom is 0.346 e. The van der Waals surface area contributed by atoms with Crippen LogP contribution in [-0.2, 0) is 9.53 Å². The summed E-state index contributed by atoms with van der Waals surface area (Å²) in [5, 5.41) is 5.06. The van der Waals surface area contributed by atoms with Crippen LogP contribution in [0.2, 0.25) is 0 Å². The van der Waals surface area contributed by atoms with Crippen LogP contribution in [-0.4, -0.2) is 48.8 Å². The number of halogens is 1. The topological polar surface area (TPSA) is 101 Å². The summed E-state index contributed by atoms with van der Waals surface area (Å²) in [6.45, 7) is 10.2. The van der Waals surface area contributed by atoms with E-state index in [1.54, 1.807) is 37.3 Å². The minimum atomic E-state index is -0.918. The van der Waals surface area contributed by atoms with Crippen molar-refractivity contribution in [3.05, 3.63) is 80.0 Å². The Morgan fingerprint density at radius 1 is 1.10 bits per heavy atom. The minimum absolute atomic E-state index is 0.167. The quantitative estimate of drug-likeness (QED) is 0.145. The van der Waals surface area contributed by atoms with E-state index in [0.717, 1.165) is 22.4 Å². The highest BCUT2D eigenvalue weighted by Gasteiger charge is 2.22. The van der Waals surface area contributed by atoms with Crippen LogP contribution in [0.5, 0.6) is 17.2 Å². The average Bonchev–Trinajstić information content (AvgIpc) is 2.97. The van der Waals surface area contributed by atoms with Crippen LogP contribution >= 0.6 is 15.9 Å². The maximum absolute atomic E-state index is 13.9. The summed E-state index contributed by atoms with van der Waals surface area (Å²) in [6, 6.07) is 14.6. The number of hydrogen-bond acceptors (Lipinski definition) is 8. The van der Waals surface area contributed by atoms with Crippen molar-refractivity contribution in [2.75, 3.05) is 20.8 Å². The first-order valence-electron chi connectivity index (χ1n) is 13.5. The van der Waals surface area contributed by atoms with E-state index < -0.39 is 12.1 Å². The molecule has 0 saturated heterocycles. The largest absolute Gasteiger partial charge is 0.494 e. The van der Waals surface area contributed by atoms with Gasteiger partial charge in [-0.1, -0.05) is 41.9 Å². The van der Waals surface area contributed by atoms with Crippen LogP contribution in [0.15, 0.2) is 62.9 Å². The van der Waals surface area contributed by atoms with Gasteiger partial charge in [-0.05, 0) is 74.2 Å². The predicted octanol–water partition coefficient (Wildman–Crippen LogP) is 6.49. The fraction of sp³-hybridized carbons (Fsp3) is 0.312. The van der Waals surface area contributed by atoms with Gasteiger partial charge in [-0.15, -0.1) is 0 Å². The molecule has 42 heavy (non-hydrogen) atoms. The molecule has 1 aromatic heterocycles. The summed E-state index contributed by atoms with van der Waals surface area (Å²) >= 11 is 3.49. The number of ether oxygens (including phenoxy) is 4. The van der Waals surface area contributed by atoms with Crippen LogP contribution < -0.4 is 19.8 Å². The van der Waals surface area contributed by atoms with Crippen LogP contribution in [0.3, 0.4) is 0 Å². The van der Waals surface area contributed by atoms with E-state index in [2.05, 4.69) is 34.9 Å². The first-order chi connectivity index (χ1) is 20.1. The highest BCUT2D eigenvalue weighted by molar-refractivity contribution is 9.10. The van der Waals surface area contributed by atoms with Gasteiger partial charge in [0.05, 0.1) is 37.9 Å². The third-order valence-corrected chi connectivity index (χ3v) is 7.14. The summed E-state index contributed by atoms with van der Waals surface area (Å²) in [4.78, 5) is 30.9. The molecule has 3 aromatic carbocycles. The average molecular weight is 637 g/mol. The van der Waals surface area contributed by atoms with Crippen molar-refractivity contribution in [2.24, 2.45) is 5.10 Å². The van der Waals surface area contributed by atoms with Crippen LogP contribution in [0.1, 0.15) is 50.3 Å². The zero-order chi connectivity index (χ0) is 30.6. The lowest BCUT2D eigenvalue weighted by Crippen LogP contribution is -2.25. The van der Waals surface area contributed by atoms with Crippen molar-refractivity contribution in [2.45, 2.75) is 46.6 Å². The molecule has 0 aliphatic heterocycles. The zero-order valence-corrected chi connectivity index (χ0v) is 26.3. The van der Waals surface area contributed by atoms with E-state index in [1.165, 1.54) is 25.1 Å². The molecule has 0 amide bonds. The molecule has 0 aliphatic carbocycles. The highest BCUT2D eigenvalue weighted by atomic mass is 79.9. The second-order valence-corrected chi connectivity index (χ2v) is 10.8. The molecule has 0 bridgehead atoms. The van der Waals surface area contributed by atoms with Crippen molar-refractivity contribution in [3.8, 4) is 28.6 Å². The molecule has 0 radical (unpaired) electrons. The standard InChI is InChI=1S/C32H34BrN3O6/c1-8-41-27-13-19(4)25(16-24(27)18(2)3)30-35-26-12-10-9-11-23(26)31(37)36(30)34-17-21-14-22(33)15-28(39-6)29(21)42-20(5)32(38)40-7/h9-18,20H,8H2,1-7H3/t20-/m0/s1. The molecule has 9 nitrogen and oxygen atoms in total. The van der Waals surface area contributed by atoms with E-state index in [9.17, 15) is 9.59 Å². The van der Waals surface area contributed by atoms with Crippen LogP contribution in [0, 0.1) is 6.92 Å². The van der Waals surface area contributed by atoms with Gasteiger partial charge < -0.3 is 18.9 Å². The second-order valence-electron chi connectivity index (χ2n) is 9.92. The molecule has 0 aliphatic rings. The number of esters is 1. The number of hydrogen-bond donors (Lipinski definition) is 0. The molecule has 0 unspecified atom stereocenters. The van der Waals surface area contributed by atoms with Gasteiger partial charge in [0.25, 0.3) is 5.56 Å². The summed E-state index contributed by atoms with van der Waals surface area (Å²) < 4.78 is 24.2. The number of carbonyl (C=O) groups excluding carboxylic acids is 1. The molecule has 4 rings (SSSR count). The summed E-state index contributed by atoms with van der Waals surface area (Å²) in [5.41, 5.74) is 3.33. The minimum Gasteiger partial charge on any atom is -0.494 e. The van der Waals surface area contributed by atoms with Crippen LogP contribution in [0.25, 0.3) is 22.3 Å². The molecule has 220 valence electrons. The van der Waals surface area contributed by atoms with E-state index in [0.29, 0.717) is 39.1 Å². The summed E-state index contributed by atoms with van der Waals surface area (Å²) in [7, 11) is 2.78. The fourth-order valence-electron chi connectivity index (χ4n) is 4.55. The first-order valence-corrected chi connectivity index (χ1v) is 14.3. The lowest BCUT2D eigenvalue weighted by Gasteiger charge is -2.19. The fourth-order valence-corrected chi connectivity index (χ4v) is 5.00. The van der Waals surface area contributed by atoms with Crippen molar-refractivity contribution in [3.63, 3.8) is 0 Å². The lowest BCUT2D eigenvalue weighted by atomic mass is 9.96. The second kappa shape index (κ2) is 13.2. The molecular weight excluding hydrogens is 602 g/mol. The highest BCUT2D eigenvalue weighted by Crippen LogP contribution is 2.36. The van der Waals surface area contributed by atoms with Gasteiger partial charge in [-0.25, -0.2) is 9.78 Å². The lowest BCUT2D eigenvalue weighted by molar-refractivity contribution is -0.147. The first kappa shape index (κ1) is 30.8. The SMILES string of the molecule is CCOc1cc(C)c(-c2nc3ccccc3c(=O)n2N=Cc2cc(Br)cc(OC)c2O[C@@H](C)C(=O)OC)cc1C(C)C. The van der Waals surface area contributed by atoms with E-state index >= 15 is 0 Å². The number of fused-ring (bicyclic) bond motifs is 1. The molecule has 0 fully saturated rings. The number of aromatic nitrogens is 2. The number of para-hydroxylation sites is 1. The molecular formula is C32H34BrN3O6. The number of rotatable bonds is 10. The number of aryl methyl sites for hydroxylation is 1. The zero-order valence-electron chi connectivity index (χ0n) is 24.7. The van der Waals surface area contributed by atoms with Crippen molar-refractivity contribution >= 4 is 39.0 Å². The van der Waals surface area contributed by atoms with Gasteiger partial charge in [0.15, 0.2) is 23.4 Å². The van der Waals surface area contributed by atoms with Crippen LogP contribution in [0.4, 0.5) is 0 Å². The Labute approximate surface area is 253 Å². The molecule has 10 heteroatoms. The van der Waals surface area contributed by atoms with E-state index in [4.69, 9.17) is 23.9 Å². The Morgan fingerprint density at radius 3 is 2.50 bits per heavy atom. The number of methoxy groups -OCH3 is 2. The molecule has 1 heterocycles. The molecule has 0 spiro atoms. The summed E-state index contributed by atoms with van der Waals surface area (Å²) in [5.74, 6) is 1.44. The molecule has 1 atom stereocenters. The van der Waals surface area contributed by atoms with Gasteiger partial charge in [0.1, 0.15) is 5.75 Å². The van der Waals surface area contributed by atoms with Gasteiger partial charge in [-0.2, -0.15) is 9.78 Å². The Morgan fingerprint density at radius 2 is 1.83 bits per heavy atom. The molecule has 0 saturated carbocycles. The molecule has 4 aromatic rings. The molecule has 0 N–H and O–H groups in total. The van der Waals surface area contributed by atoms with Gasteiger partial charge in [0.2, 0.25) is 0 Å². The Hall–Kier alpha value is -4.18. The monoisotopic (exact) mass is 635 g/mol. The third kappa shape index (κ3) is 6.33. The Balaban J connectivity index is 1.96. The summed E-state index contributed by atoms with van der Waals surface area (Å²) in [6.07, 6.45) is 0.570. The van der Waals surface area contributed by atoms with Crippen molar-refractivity contribution in [1.29, 1.82) is 0 Å². The maximum atomic E-state index is 13.9. The van der Waals surface area contributed by atoms with Gasteiger partial charge in [-0.3, -0.25) is 4.79 Å². The normalized spacial score (nSPS) is 12.1. The predicted molar refractivity (Wildman–Crippen MR) is 167 cm³/mol. The third-order valence-electron chi connectivity index (χ3n) is 6.68. The Kier molecular flexibility index (Phi) is 9.67. The smallest absolute Gasteiger partial charge is 0.346 e. The number of benzene rings is 3. The van der Waals surface area contributed by atoms with Crippen molar-refractivity contribution in [1.82, 2.24) is 9.66 Å². The van der Waals surface area contributed by atoms with Gasteiger partial charge >= 0.3 is 5.97 Å². The van der Waals surface area contributed by atoms with Crippen molar-refractivity contribution < 1.29 is 23.7 Å². The van der Waals surface area contributed by atoms with E-state index in [1.807, 2.05) is 32.0 Å². The van der Waals surface area contributed by atoms with E-state index in [-0.39, 0.29) is 17.2 Å². The Bertz CT molecular complexity index is 1710.